The molecule has 3 aliphatic rings. The summed E-state index contributed by atoms with van der Waals surface area (Å²) in [6.07, 6.45) is 4.08. The van der Waals surface area contributed by atoms with Crippen LogP contribution in [0.25, 0.3) is 0 Å². The van der Waals surface area contributed by atoms with Crippen LogP contribution < -0.4 is 15.5 Å². The van der Waals surface area contributed by atoms with Gasteiger partial charge in [0.2, 0.25) is 11.8 Å². The third-order valence-electron chi connectivity index (χ3n) is 9.44. The molecule has 6 rings (SSSR count). The fourth-order valence-corrected chi connectivity index (χ4v) is 7.06. The summed E-state index contributed by atoms with van der Waals surface area (Å²) in [7, 11) is 4.34. The number of anilines is 1. The molecular weight excluding hydrogens is 558 g/mol. The van der Waals surface area contributed by atoms with Gasteiger partial charge in [0.1, 0.15) is 6.04 Å². The van der Waals surface area contributed by atoms with Gasteiger partial charge >= 0.3 is 0 Å². The number of piperazine rings is 1. The zero-order valence-corrected chi connectivity index (χ0v) is 25.9. The van der Waals surface area contributed by atoms with Gasteiger partial charge in [0.25, 0.3) is 0 Å². The molecule has 2 amide bonds. The van der Waals surface area contributed by atoms with E-state index in [1.165, 1.54) is 28.8 Å². The van der Waals surface area contributed by atoms with E-state index in [0.717, 1.165) is 43.6 Å². The van der Waals surface area contributed by atoms with Crippen LogP contribution in [0.15, 0.2) is 66.7 Å². The number of fused-ring (bicyclic) bond motifs is 2. The van der Waals surface area contributed by atoms with Crippen molar-refractivity contribution < 1.29 is 9.59 Å². The quantitative estimate of drug-likeness (QED) is 0.403. The van der Waals surface area contributed by atoms with Crippen molar-refractivity contribution in [2.75, 3.05) is 45.2 Å². The highest BCUT2D eigenvalue weighted by atomic mass is 35.5. The van der Waals surface area contributed by atoms with Gasteiger partial charge in [0.05, 0.1) is 0 Å². The van der Waals surface area contributed by atoms with Crippen molar-refractivity contribution in [3.8, 4) is 0 Å². The molecule has 1 aliphatic carbocycles. The zero-order valence-electron chi connectivity index (χ0n) is 25.2. The summed E-state index contributed by atoms with van der Waals surface area (Å²) in [5.41, 5.74) is 7.59. The molecule has 0 saturated carbocycles. The van der Waals surface area contributed by atoms with Crippen LogP contribution in [0, 0.1) is 0 Å². The third-order valence-corrected chi connectivity index (χ3v) is 9.69. The summed E-state index contributed by atoms with van der Waals surface area (Å²) < 4.78 is 0. The van der Waals surface area contributed by atoms with Gasteiger partial charge in [-0.25, -0.2) is 0 Å². The van der Waals surface area contributed by atoms with Crippen LogP contribution in [-0.2, 0) is 35.4 Å². The van der Waals surface area contributed by atoms with Crippen molar-refractivity contribution in [1.82, 2.24) is 20.4 Å². The second-order valence-electron chi connectivity index (χ2n) is 12.4. The minimum atomic E-state index is -0.637. The molecular formula is C35H42ClN5O2. The molecule has 2 unspecified atom stereocenters. The Bertz CT molecular complexity index is 1450. The summed E-state index contributed by atoms with van der Waals surface area (Å²) in [6, 6.07) is 22.3. The van der Waals surface area contributed by atoms with Gasteiger partial charge in [-0.15, -0.1) is 0 Å². The molecule has 1 fully saturated rings. The molecule has 226 valence electrons. The highest BCUT2D eigenvalue weighted by Crippen LogP contribution is 2.33. The molecule has 0 aromatic heterocycles. The number of carbonyl (C=O) groups is 2. The first-order chi connectivity index (χ1) is 20.9. The largest absolute Gasteiger partial charge is 0.368 e. The van der Waals surface area contributed by atoms with E-state index in [0.29, 0.717) is 37.0 Å². The van der Waals surface area contributed by atoms with Crippen molar-refractivity contribution in [2.45, 2.75) is 56.8 Å². The normalized spacial score (nSPS) is 20.5. The maximum atomic E-state index is 14.0. The molecule has 0 bridgehead atoms. The molecule has 8 heteroatoms. The van der Waals surface area contributed by atoms with Crippen LogP contribution in [0.2, 0.25) is 5.02 Å². The first-order valence-corrected chi connectivity index (χ1v) is 15.9. The Morgan fingerprint density at radius 1 is 0.977 bits per heavy atom. The minimum absolute atomic E-state index is 0.0227. The monoisotopic (exact) mass is 599 g/mol. The molecule has 1 saturated heterocycles. The van der Waals surface area contributed by atoms with Gasteiger partial charge < -0.3 is 25.3 Å². The predicted molar refractivity (Wildman–Crippen MR) is 172 cm³/mol. The van der Waals surface area contributed by atoms with Gasteiger partial charge in [-0.3, -0.25) is 9.59 Å². The van der Waals surface area contributed by atoms with Crippen LogP contribution in [0.1, 0.15) is 46.7 Å². The van der Waals surface area contributed by atoms with E-state index in [4.69, 9.17) is 11.6 Å². The molecule has 2 heterocycles. The lowest BCUT2D eigenvalue weighted by Crippen LogP contribution is -2.56. The smallest absolute Gasteiger partial charge is 0.245 e. The van der Waals surface area contributed by atoms with Crippen LogP contribution in [-0.4, -0.2) is 74.0 Å². The molecule has 0 spiro atoms. The standard InChI is InChI=1S/C35H42ClN5O2/c1-39(2)28-15-12-25-7-5-9-33(30(25)21-28)40-16-18-41(19-17-40)35(43)32(20-24-10-13-27(36)14-11-24)38-34(42)22-31-29-8-4-3-6-26(29)23-37-31/h3-11,13-14,28,31-32,37H,12,15-23H2,1-2H3,(H,38,42)/t28?,31?,32-/m1/s1. The van der Waals surface area contributed by atoms with E-state index < -0.39 is 6.04 Å². The summed E-state index contributed by atoms with van der Waals surface area (Å²) in [5.74, 6) is -0.142. The number of carbonyl (C=O) groups excluding carboxylic acids is 2. The maximum absolute atomic E-state index is 14.0. The molecule has 3 atom stereocenters. The van der Waals surface area contributed by atoms with Crippen molar-refractivity contribution in [2.24, 2.45) is 0 Å². The van der Waals surface area contributed by atoms with Crippen LogP contribution >= 0.6 is 11.6 Å². The average Bonchev–Trinajstić information content (AvgIpc) is 3.43. The van der Waals surface area contributed by atoms with Gasteiger partial charge in [-0.2, -0.15) is 0 Å². The molecule has 3 aromatic carbocycles. The van der Waals surface area contributed by atoms with Gasteiger partial charge in [0.15, 0.2) is 0 Å². The number of hydrogen-bond acceptors (Lipinski definition) is 5. The topological polar surface area (TPSA) is 67.9 Å². The first kappa shape index (κ1) is 29.7. The lowest BCUT2D eigenvalue weighted by Gasteiger charge is -2.40. The molecule has 0 radical (unpaired) electrons. The van der Waals surface area contributed by atoms with Crippen molar-refractivity contribution in [3.63, 3.8) is 0 Å². The lowest BCUT2D eigenvalue weighted by molar-refractivity contribution is -0.136. The lowest BCUT2D eigenvalue weighted by atomic mass is 9.86. The third kappa shape index (κ3) is 6.74. The van der Waals surface area contributed by atoms with E-state index in [1.54, 1.807) is 0 Å². The minimum Gasteiger partial charge on any atom is -0.368 e. The Kier molecular flexibility index (Phi) is 9.03. The number of amides is 2. The van der Waals surface area contributed by atoms with E-state index in [1.807, 2.05) is 41.3 Å². The fourth-order valence-electron chi connectivity index (χ4n) is 6.93. The number of halogens is 1. The van der Waals surface area contributed by atoms with Crippen LogP contribution in [0.5, 0.6) is 0 Å². The van der Waals surface area contributed by atoms with Gasteiger partial charge in [-0.1, -0.05) is 60.1 Å². The number of aryl methyl sites for hydroxylation is 1. The highest BCUT2D eigenvalue weighted by molar-refractivity contribution is 6.30. The van der Waals surface area contributed by atoms with E-state index >= 15 is 0 Å². The number of benzene rings is 3. The van der Waals surface area contributed by atoms with E-state index in [2.05, 4.69) is 64.9 Å². The summed E-state index contributed by atoms with van der Waals surface area (Å²) >= 11 is 6.13. The van der Waals surface area contributed by atoms with Gasteiger partial charge in [-0.05, 0) is 79.4 Å². The summed E-state index contributed by atoms with van der Waals surface area (Å²) in [4.78, 5) is 34.0. The molecule has 2 aliphatic heterocycles. The Labute approximate surface area is 260 Å². The van der Waals surface area contributed by atoms with Crippen LogP contribution in [0.3, 0.4) is 0 Å². The van der Waals surface area contributed by atoms with Crippen LogP contribution in [0.4, 0.5) is 5.69 Å². The summed E-state index contributed by atoms with van der Waals surface area (Å²) in [6.45, 7) is 3.57. The number of likely N-dealkylation sites (N-methyl/N-ethyl adjacent to an activating group) is 1. The second-order valence-corrected chi connectivity index (χ2v) is 12.8. The molecule has 2 N–H and O–H groups in total. The predicted octanol–water partition coefficient (Wildman–Crippen LogP) is 4.37. The Morgan fingerprint density at radius 3 is 2.49 bits per heavy atom. The van der Waals surface area contributed by atoms with Crippen molar-refractivity contribution >= 4 is 29.1 Å². The zero-order chi connectivity index (χ0) is 29.9. The molecule has 7 nitrogen and oxygen atoms in total. The number of nitrogens with one attached hydrogen (secondary N) is 2. The fraction of sp³-hybridized carbons (Fsp3) is 0.429. The number of hydrogen-bond donors (Lipinski definition) is 2. The van der Waals surface area contributed by atoms with Gasteiger partial charge in [0, 0.05) is 68.4 Å². The second kappa shape index (κ2) is 13.1. The van der Waals surface area contributed by atoms with Crippen molar-refractivity contribution in [1.29, 1.82) is 0 Å². The van der Waals surface area contributed by atoms with Crippen molar-refractivity contribution in [3.05, 3.63) is 99.6 Å². The SMILES string of the molecule is CN(C)C1CCc2cccc(N3CCN(C(=O)[C@@H](Cc4ccc(Cl)cc4)NC(=O)CC4NCc5ccccc54)CC3)c2C1. The first-order valence-electron chi connectivity index (χ1n) is 15.5. The summed E-state index contributed by atoms with van der Waals surface area (Å²) in [5, 5.41) is 7.21. The Hall–Kier alpha value is -3.39. The highest BCUT2D eigenvalue weighted by Gasteiger charge is 2.32. The molecule has 43 heavy (non-hydrogen) atoms. The Morgan fingerprint density at radius 2 is 1.72 bits per heavy atom. The number of rotatable bonds is 8. The van der Waals surface area contributed by atoms with E-state index in [-0.39, 0.29) is 17.9 Å². The van der Waals surface area contributed by atoms with E-state index in [9.17, 15) is 9.59 Å². The Balaban J connectivity index is 1.13. The maximum Gasteiger partial charge on any atom is 0.245 e. The molecule has 3 aromatic rings. The average molecular weight is 600 g/mol. The number of nitrogens with zero attached hydrogens (tertiary/aromatic N) is 3.